The molecule has 3 aromatic rings. The molecule has 1 aromatic carbocycles. The standard InChI is InChI=1S/C14H13ClN6O2/c15-9-1-3-10(4-2-9)16-13-14(21-5-7-22-8-6-21)18-12-11(17-13)19-23-20-12/h1-4H,5-8H2,(H,16,17,19). The van der Waals surface area contributed by atoms with Gasteiger partial charge in [-0.1, -0.05) is 11.6 Å². The lowest BCUT2D eigenvalue weighted by Crippen LogP contribution is -2.37. The Morgan fingerprint density at radius 1 is 1.00 bits per heavy atom. The molecule has 1 saturated heterocycles. The van der Waals surface area contributed by atoms with E-state index in [1.165, 1.54) is 0 Å². The zero-order valence-electron chi connectivity index (χ0n) is 12.1. The summed E-state index contributed by atoms with van der Waals surface area (Å²) >= 11 is 5.92. The van der Waals surface area contributed by atoms with Gasteiger partial charge in [-0.2, -0.15) is 0 Å². The van der Waals surface area contributed by atoms with Crippen LogP contribution in [0.25, 0.3) is 11.3 Å². The van der Waals surface area contributed by atoms with Crippen LogP contribution < -0.4 is 10.2 Å². The Morgan fingerprint density at radius 3 is 2.43 bits per heavy atom. The predicted octanol–water partition coefficient (Wildman–Crippen LogP) is 2.25. The van der Waals surface area contributed by atoms with Gasteiger partial charge in [-0.05, 0) is 34.6 Å². The zero-order valence-corrected chi connectivity index (χ0v) is 12.8. The van der Waals surface area contributed by atoms with E-state index in [0.29, 0.717) is 41.2 Å². The molecule has 1 aliphatic rings. The maximum atomic E-state index is 5.92. The molecule has 0 aliphatic carbocycles. The van der Waals surface area contributed by atoms with Gasteiger partial charge in [0.25, 0.3) is 0 Å². The third kappa shape index (κ3) is 2.90. The third-order valence-corrected chi connectivity index (χ3v) is 3.77. The van der Waals surface area contributed by atoms with Gasteiger partial charge in [0.2, 0.25) is 11.3 Å². The molecule has 0 saturated carbocycles. The number of hydrogen-bond acceptors (Lipinski definition) is 8. The first-order chi connectivity index (χ1) is 11.3. The van der Waals surface area contributed by atoms with Crippen LogP contribution in [-0.2, 0) is 4.74 Å². The Balaban J connectivity index is 1.74. The van der Waals surface area contributed by atoms with Crippen molar-refractivity contribution in [3.63, 3.8) is 0 Å². The minimum Gasteiger partial charge on any atom is -0.378 e. The third-order valence-electron chi connectivity index (χ3n) is 3.51. The Kier molecular flexibility index (Phi) is 3.68. The Morgan fingerprint density at radius 2 is 1.70 bits per heavy atom. The van der Waals surface area contributed by atoms with Crippen LogP contribution in [-0.4, -0.2) is 46.6 Å². The molecule has 0 atom stereocenters. The van der Waals surface area contributed by atoms with Crippen LogP contribution in [0.15, 0.2) is 28.9 Å². The number of hydrogen-bond donors (Lipinski definition) is 1. The first-order valence-electron chi connectivity index (χ1n) is 7.15. The van der Waals surface area contributed by atoms with Crippen molar-refractivity contribution < 1.29 is 9.37 Å². The number of halogens is 1. The second kappa shape index (κ2) is 5.98. The van der Waals surface area contributed by atoms with Crippen LogP contribution in [0.5, 0.6) is 0 Å². The zero-order chi connectivity index (χ0) is 15.6. The Labute approximate surface area is 136 Å². The molecule has 1 aliphatic heterocycles. The summed E-state index contributed by atoms with van der Waals surface area (Å²) in [5.74, 6) is 1.30. The van der Waals surface area contributed by atoms with Gasteiger partial charge in [-0.15, -0.1) is 0 Å². The molecule has 0 bridgehead atoms. The first kappa shape index (κ1) is 14.2. The average molecular weight is 333 g/mol. The van der Waals surface area contributed by atoms with Crippen molar-refractivity contribution in [2.24, 2.45) is 0 Å². The fraction of sp³-hybridized carbons (Fsp3) is 0.286. The quantitative estimate of drug-likeness (QED) is 0.781. The number of ether oxygens (including phenoxy) is 1. The maximum Gasteiger partial charge on any atom is 0.245 e. The van der Waals surface area contributed by atoms with E-state index in [1.807, 2.05) is 24.3 Å². The van der Waals surface area contributed by atoms with Crippen LogP contribution in [0.4, 0.5) is 17.3 Å². The SMILES string of the molecule is Clc1ccc(Nc2nc3nonc3nc2N2CCOCC2)cc1. The van der Waals surface area contributed by atoms with Crippen molar-refractivity contribution in [3.05, 3.63) is 29.3 Å². The monoisotopic (exact) mass is 332 g/mol. The molecule has 23 heavy (non-hydrogen) atoms. The second-order valence-corrected chi connectivity index (χ2v) is 5.48. The highest BCUT2D eigenvalue weighted by molar-refractivity contribution is 6.30. The molecular weight excluding hydrogens is 320 g/mol. The highest BCUT2D eigenvalue weighted by Crippen LogP contribution is 2.28. The minimum atomic E-state index is 0.360. The smallest absolute Gasteiger partial charge is 0.245 e. The number of nitrogens with one attached hydrogen (secondary N) is 1. The number of benzene rings is 1. The normalized spacial score (nSPS) is 15.1. The number of fused-ring (bicyclic) bond motifs is 1. The largest absolute Gasteiger partial charge is 0.378 e. The van der Waals surface area contributed by atoms with Crippen LogP contribution in [0.2, 0.25) is 5.02 Å². The summed E-state index contributed by atoms with van der Waals surface area (Å²) in [5.41, 5.74) is 1.60. The van der Waals surface area contributed by atoms with Gasteiger partial charge < -0.3 is 15.0 Å². The topological polar surface area (TPSA) is 89.2 Å². The van der Waals surface area contributed by atoms with Crippen molar-refractivity contribution in [1.82, 2.24) is 20.3 Å². The number of aromatic nitrogens is 4. The summed E-state index contributed by atoms with van der Waals surface area (Å²) in [4.78, 5) is 11.1. The van der Waals surface area contributed by atoms with Gasteiger partial charge in [0.15, 0.2) is 11.6 Å². The van der Waals surface area contributed by atoms with Crippen molar-refractivity contribution in [3.8, 4) is 0 Å². The molecule has 1 N–H and O–H groups in total. The molecular formula is C14H13ClN6O2. The van der Waals surface area contributed by atoms with Crippen LogP contribution in [0, 0.1) is 0 Å². The summed E-state index contributed by atoms with van der Waals surface area (Å²) in [6, 6.07) is 7.36. The van der Waals surface area contributed by atoms with Crippen LogP contribution in [0.1, 0.15) is 0 Å². The molecule has 1 fully saturated rings. The van der Waals surface area contributed by atoms with E-state index < -0.39 is 0 Å². The summed E-state index contributed by atoms with van der Waals surface area (Å²) in [6.07, 6.45) is 0. The van der Waals surface area contributed by atoms with E-state index in [1.54, 1.807) is 0 Å². The highest BCUT2D eigenvalue weighted by atomic mass is 35.5. The number of morpholine rings is 1. The molecule has 118 valence electrons. The number of rotatable bonds is 3. The van der Waals surface area contributed by atoms with E-state index in [9.17, 15) is 0 Å². The molecule has 8 nitrogen and oxygen atoms in total. The molecule has 9 heteroatoms. The van der Waals surface area contributed by atoms with Gasteiger partial charge in [0, 0.05) is 23.8 Å². The predicted molar refractivity (Wildman–Crippen MR) is 85.2 cm³/mol. The number of nitrogens with zero attached hydrogens (tertiary/aromatic N) is 5. The summed E-state index contributed by atoms with van der Waals surface area (Å²) in [7, 11) is 0. The van der Waals surface area contributed by atoms with Gasteiger partial charge >= 0.3 is 0 Å². The van der Waals surface area contributed by atoms with Crippen molar-refractivity contribution >= 4 is 40.2 Å². The van der Waals surface area contributed by atoms with Gasteiger partial charge in [0.1, 0.15) is 0 Å². The van der Waals surface area contributed by atoms with E-state index in [2.05, 4.69) is 30.5 Å². The Hall–Kier alpha value is -2.45. The van der Waals surface area contributed by atoms with Crippen LogP contribution in [0.3, 0.4) is 0 Å². The lowest BCUT2D eigenvalue weighted by atomic mass is 10.3. The molecule has 4 rings (SSSR count). The molecule has 0 amide bonds. The highest BCUT2D eigenvalue weighted by Gasteiger charge is 2.20. The molecule has 0 spiro atoms. The first-order valence-corrected chi connectivity index (χ1v) is 7.53. The summed E-state index contributed by atoms with van der Waals surface area (Å²) in [6.45, 7) is 2.77. The minimum absolute atomic E-state index is 0.360. The molecule has 3 heterocycles. The fourth-order valence-corrected chi connectivity index (χ4v) is 2.50. The van der Waals surface area contributed by atoms with Gasteiger partial charge in [-0.3, -0.25) is 0 Å². The van der Waals surface area contributed by atoms with E-state index >= 15 is 0 Å². The van der Waals surface area contributed by atoms with Crippen molar-refractivity contribution in [2.45, 2.75) is 0 Å². The maximum absolute atomic E-state index is 5.92. The lowest BCUT2D eigenvalue weighted by molar-refractivity contribution is 0.122. The summed E-state index contributed by atoms with van der Waals surface area (Å²) in [5, 5.41) is 11.5. The summed E-state index contributed by atoms with van der Waals surface area (Å²) < 4.78 is 10.1. The van der Waals surface area contributed by atoms with E-state index in [4.69, 9.17) is 21.0 Å². The van der Waals surface area contributed by atoms with E-state index in [0.717, 1.165) is 18.8 Å². The van der Waals surface area contributed by atoms with Crippen molar-refractivity contribution in [1.29, 1.82) is 0 Å². The van der Waals surface area contributed by atoms with Gasteiger partial charge in [0.05, 0.1) is 13.2 Å². The molecule has 0 unspecified atom stereocenters. The van der Waals surface area contributed by atoms with Crippen LogP contribution >= 0.6 is 11.6 Å². The fourth-order valence-electron chi connectivity index (χ4n) is 2.38. The van der Waals surface area contributed by atoms with Crippen molar-refractivity contribution in [2.75, 3.05) is 36.5 Å². The van der Waals surface area contributed by atoms with Gasteiger partial charge in [-0.25, -0.2) is 14.6 Å². The molecule has 0 radical (unpaired) electrons. The second-order valence-electron chi connectivity index (χ2n) is 5.04. The molecule has 2 aromatic heterocycles. The van der Waals surface area contributed by atoms with E-state index in [-0.39, 0.29) is 0 Å². The lowest BCUT2D eigenvalue weighted by Gasteiger charge is -2.28. The average Bonchev–Trinajstić information content (AvgIpc) is 3.04. The number of anilines is 3. The Bertz CT molecular complexity index is 816.